The fourth-order valence-corrected chi connectivity index (χ4v) is 2.05. The van der Waals surface area contributed by atoms with E-state index in [0.29, 0.717) is 12.3 Å². The van der Waals surface area contributed by atoms with Gasteiger partial charge in [-0.05, 0) is 40.5 Å². The van der Waals surface area contributed by atoms with Crippen molar-refractivity contribution in [1.82, 2.24) is 10.3 Å². The zero-order chi connectivity index (χ0) is 13.0. The Hall–Kier alpha value is -1.39. The van der Waals surface area contributed by atoms with Crippen LogP contribution >= 0.6 is 15.9 Å². The molecule has 1 heterocycles. The van der Waals surface area contributed by atoms with Crippen LogP contribution in [0.5, 0.6) is 5.75 Å². The van der Waals surface area contributed by atoms with E-state index >= 15 is 0 Å². The maximum Gasteiger partial charge on any atom is 0.134 e. The molecule has 2 aromatic rings. The molecule has 94 valence electrons. The minimum atomic E-state index is 0.298. The van der Waals surface area contributed by atoms with Gasteiger partial charge < -0.3 is 10.4 Å². The number of halogens is 1. The number of phenols is 1. The number of phenolic OH excluding ortho intramolecular Hbond substituents is 1. The molecule has 2 N–H and O–H groups in total. The molecule has 3 nitrogen and oxygen atoms in total. The van der Waals surface area contributed by atoms with E-state index in [1.54, 1.807) is 0 Å². The van der Waals surface area contributed by atoms with Crippen LogP contribution in [0.2, 0.25) is 0 Å². The fourth-order valence-electron chi connectivity index (χ4n) is 1.65. The molecule has 0 unspecified atom stereocenters. The molecule has 18 heavy (non-hydrogen) atoms. The minimum absolute atomic E-state index is 0.298. The molecule has 1 aromatic heterocycles. The average Bonchev–Trinajstić information content (AvgIpc) is 2.37. The summed E-state index contributed by atoms with van der Waals surface area (Å²) in [6, 6.07) is 9.68. The molecule has 0 bridgehead atoms. The lowest BCUT2D eigenvalue weighted by atomic mass is 10.2. The quantitative estimate of drug-likeness (QED) is 0.912. The summed E-state index contributed by atoms with van der Waals surface area (Å²) in [5.41, 5.74) is 3.03. The third kappa shape index (κ3) is 3.31. The topological polar surface area (TPSA) is 45.1 Å². The van der Waals surface area contributed by atoms with Gasteiger partial charge in [-0.15, -0.1) is 0 Å². The maximum atomic E-state index is 9.83. The Bertz CT molecular complexity index is 526. The maximum absolute atomic E-state index is 9.83. The number of hydrogen-bond donors (Lipinski definition) is 2. The van der Waals surface area contributed by atoms with Crippen LogP contribution in [0.15, 0.2) is 41.0 Å². The predicted octanol–water partition coefficient (Wildman–Crippen LogP) is 3.15. The van der Waals surface area contributed by atoms with E-state index in [0.717, 1.165) is 27.8 Å². The van der Waals surface area contributed by atoms with Gasteiger partial charge in [0.2, 0.25) is 0 Å². The largest absolute Gasteiger partial charge is 0.506 e. The van der Waals surface area contributed by atoms with E-state index in [1.165, 1.54) is 0 Å². The van der Waals surface area contributed by atoms with Gasteiger partial charge in [-0.3, -0.25) is 4.98 Å². The fraction of sp³-hybridized carbons (Fsp3) is 0.214. The molecule has 0 amide bonds. The summed E-state index contributed by atoms with van der Waals surface area (Å²) in [4.78, 5) is 4.24. The summed E-state index contributed by atoms with van der Waals surface area (Å²) >= 11 is 3.30. The van der Waals surface area contributed by atoms with Gasteiger partial charge in [0.05, 0.1) is 4.47 Å². The number of aryl methyl sites for hydroxylation is 1. The number of aromatic hydroxyl groups is 1. The predicted molar refractivity (Wildman–Crippen MR) is 75.3 cm³/mol. The molecule has 1 aromatic carbocycles. The van der Waals surface area contributed by atoms with Crippen LogP contribution in [-0.4, -0.2) is 10.1 Å². The summed E-state index contributed by atoms with van der Waals surface area (Å²) in [6.07, 6.45) is 1.86. The Morgan fingerprint density at radius 1 is 1.22 bits per heavy atom. The first-order valence-electron chi connectivity index (χ1n) is 5.75. The van der Waals surface area contributed by atoms with Crippen LogP contribution < -0.4 is 5.32 Å². The molecule has 0 aliphatic carbocycles. The number of aromatic nitrogens is 1. The molecule has 0 fully saturated rings. The second-order valence-corrected chi connectivity index (χ2v) is 5.01. The van der Waals surface area contributed by atoms with E-state index < -0.39 is 0 Å². The van der Waals surface area contributed by atoms with Gasteiger partial charge in [0.15, 0.2) is 0 Å². The highest BCUT2D eigenvalue weighted by atomic mass is 79.9. The molecule has 0 aliphatic rings. The van der Waals surface area contributed by atoms with Crippen LogP contribution in [0.1, 0.15) is 16.8 Å². The molecule has 0 aliphatic heterocycles. The smallest absolute Gasteiger partial charge is 0.134 e. The molecule has 0 atom stereocenters. The normalized spacial score (nSPS) is 10.6. The highest BCUT2D eigenvalue weighted by molar-refractivity contribution is 9.10. The van der Waals surface area contributed by atoms with Gasteiger partial charge in [0.25, 0.3) is 0 Å². The number of nitrogens with one attached hydrogen (secondary N) is 1. The molecule has 0 spiro atoms. The molecule has 0 saturated heterocycles. The Morgan fingerprint density at radius 2 is 2.06 bits per heavy atom. The molecule has 2 rings (SSSR count). The van der Waals surface area contributed by atoms with Crippen molar-refractivity contribution in [3.8, 4) is 5.75 Å². The van der Waals surface area contributed by atoms with E-state index in [4.69, 9.17) is 0 Å². The van der Waals surface area contributed by atoms with Crippen molar-refractivity contribution in [2.75, 3.05) is 0 Å². The first kappa shape index (κ1) is 13.1. The third-order valence-corrected chi connectivity index (χ3v) is 3.33. The van der Waals surface area contributed by atoms with Crippen molar-refractivity contribution in [3.63, 3.8) is 0 Å². The van der Waals surface area contributed by atoms with Crippen LogP contribution in [0.3, 0.4) is 0 Å². The number of hydrogen-bond acceptors (Lipinski definition) is 3. The molecule has 0 saturated carbocycles. The number of nitrogens with zero attached hydrogens (tertiary/aromatic N) is 1. The van der Waals surface area contributed by atoms with Gasteiger partial charge in [0, 0.05) is 30.5 Å². The van der Waals surface area contributed by atoms with Crippen molar-refractivity contribution in [2.45, 2.75) is 20.0 Å². The Kier molecular flexibility index (Phi) is 4.33. The number of benzene rings is 1. The second-order valence-electron chi connectivity index (χ2n) is 4.16. The summed E-state index contributed by atoms with van der Waals surface area (Å²) in [5.74, 6) is 0.298. The van der Waals surface area contributed by atoms with Crippen molar-refractivity contribution < 1.29 is 5.11 Å². The molecule has 0 radical (unpaired) electrons. The Balaban J connectivity index is 1.92. The van der Waals surface area contributed by atoms with Gasteiger partial charge in [-0.1, -0.05) is 18.2 Å². The number of pyridine rings is 1. The third-order valence-electron chi connectivity index (χ3n) is 2.69. The van der Waals surface area contributed by atoms with Crippen LogP contribution in [0.25, 0.3) is 0 Å². The SMILES string of the molecule is Cc1ccc(CNCc2cccc(Br)c2O)cn1. The monoisotopic (exact) mass is 306 g/mol. The minimum Gasteiger partial charge on any atom is -0.506 e. The van der Waals surface area contributed by atoms with Crippen LogP contribution in [-0.2, 0) is 13.1 Å². The summed E-state index contributed by atoms with van der Waals surface area (Å²) < 4.78 is 0.721. The van der Waals surface area contributed by atoms with E-state index in [-0.39, 0.29) is 0 Å². The second kappa shape index (κ2) is 5.98. The molecular weight excluding hydrogens is 292 g/mol. The Labute approximate surface area is 115 Å². The lowest BCUT2D eigenvalue weighted by Gasteiger charge is -2.08. The van der Waals surface area contributed by atoms with Crippen LogP contribution in [0, 0.1) is 6.92 Å². The van der Waals surface area contributed by atoms with Gasteiger partial charge in [-0.25, -0.2) is 0 Å². The van der Waals surface area contributed by atoms with Crippen molar-refractivity contribution in [1.29, 1.82) is 0 Å². The van der Waals surface area contributed by atoms with Crippen molar-refractivity contribution in [2.24, 2.45) is 0 Å². The van der Waals surface area contributed by atoms with Gasteiger partial charge in [-0.2, -0.15) is 0 Å². The average molecular weight is 307 g/mol. The first-order valence-corrected chi connectivity index (χ1v) is 6.54. The molecular formula is C14H15BrN2O. The van der Waals surface area contributed by atoms with E-state index in [9.17, 15) is 5.11 Å². The number of para-hydroxylation sites is 1. The number of rotatable bonds is 4. The van der Waals surface area contributed by atoms with E-state index in [2.05, 4.69) is 32.3 Å². The highest BCUT2D eigenvalue weighted by Gasteiger charge is 2.03. The van der Waals surface area contributed by atoms with Gasteiger partial charge >= 0.3 is 0 Å². The zero-order valence-corrected chi connectivity index (χ0v) is 11.7. The van der Waals surface area contributed by atoms with Crippen LogP contribution in [0.4, 0.5) is 0 Å². The lowest BCUT2D eigenvalue weighted by Crippen LogP contribution is -2.13. The van der Waals surface area contributed by atoms with E-state index in [1.807, 2.05) is 37.4 Å². The summed E-state index contributed by atoms with van der Waals surface area (Å²) in [7, 11) is 0. The highest BCUT2D eigenvalue weighted by Crippen LogP contribution is 2.27. The Morgan fingerprint density at radius 3 is 2.78 bits per heavy atom. The standard InChI is InChI=1S/C14H15BrN2O/c1-10-5-6-11(8-17-10)7-16-9-12-3-2-4-13(15)14(12)18/h2-6,8,16,18H,7,9H2,1H3. The first-order chi connectivity index (χ1) is 8.66. The van der Waals surface area contributed by atoms with Gasteiger partial charge in [0.1, 0.15) is 5.75 Å². The van der Waals surface area contributed by atoms with Crippen molar-refractivity contribution in [3.05, 3.63) is 57.8 Å². The molecule has 4 heteroatoms. The zero-order valence-electron chi connectivity index (χ0n) is 10.2. The lowest BCUT2D eigenvalue weighted by molar-refractivity contribution is 0.461. The van der Waals surface area contributed by atoms with Crippen molar-refractivity contribution >= 4 is 15.9 Å². The summed E-state index contributed by atoms with van der Waals surface area (Å²) in [6.45, 7) is 3.33. The summed E-state index contributed by atoms with van der Waals surface area (Å²) in [5, 5.41) is 13.1.